The Kier molecular flexibility index (Phi) is 4.58. The minimum Gasteiger partial charge on any atom is -0.395 e. The Morgan fingerprint density at radius 2 is 1.70 bits per heavy atom. The number of aliphatic hydroxyl groups is 1. The molecule has 0 spiro atoms. The molecule has 2 heteroatoms. The highest BCUT2D eigenvalue weighted by molar-refractivity contribution is 5.33. The Labute approximate surface area is 121 Å². The molecule has 1 unspecified atom stereocenters. The van der Waals surface area contributed by atoms with Crippen LogP contribution in [-0.2, 0) is 11.8 Å². The molecule has 0 fully saturated rings. The van der Waals surface area contributed by atoms with Gasteiger partial charge in [-0.1, -0.05) is 59.7 Å². The third-order valence-corrected chi connectivity index (χ3v) is 3.98. The van der Waals surface area contributed by atoms with Crippen molar-refractivity contribution in [3.63, 3.8) is 0 Å². The van der Waals surface area contributed by atoms with E-state index in [0.29, 0.717) is 6.54 Å². The summed E-state index contributed by atoms with van der Waals surface area (Å²) in [4.78, 5) is 0. The molecule has 2 nitrogen and oxygen atoms in total. The average Bonchev–Trinajstić information content (AvgIpc) is 2.46. The summed E-state index contributed by atoms with van der Waals surface area (Å²) >= 11 is 0. The van der Waals surface area contributed by atoms with Gasteiger partial charge in [0.1, 0.15) is 0 Å². The zero-order chi connectivity index (χ0) is 14.6. The van der Waals surface area contributed by atoms with Crippen LogP contribution in [0.1, 0.15) is 22.3 Å². The van der Waals surface area contributed by atoms with Crippen molar-refractivity contribution in [2.24, 2.45) is 5.73 Å². The minimum atomic E-state index is -0.401. The lowest BCUT2D eigenvalue weighted by Gasteiger charge is -2.31. The van der Waals surface area contributed by atoms with Crippen LogP contribution in [0.3, 0.4) is 0 Å². The van der Waals surface area contributed by atoms with Crippen LogP contribution in [0.2, 0.25) is 0 Å². The number of aliphatic hydroxyl groups excluding tert-OH is 1. The zero-order valence-corrected chi connectivity index (χ0v) is 12.3. The maximum Gasteiger partial charge on any atom is 0.0543 e. The van der Waals surface area contributed by atoms with Crippen LogP contribution in [0, 0.1) is 13.8 Å². The number of hydrogen-bond acceptors (Lipinski definition) is 2. The number of aryl methyl sites for hydroxylation is 2. The number of rotatable bonds is 5. The molecule has 0 aromatic heterocycles. The summed E-state index contributed by atoms with van der Waals surface area (Å²) in [6, 6.07) is 16.7. The Balaban J connectivity index is 2.36. The molecule has 0 amide bonds. The summed E-state index contributed by atoms with van der Waals surface area (Å²) in [5, 5.41) is 9.95. The molecule has 0 saturated heterocycles. The van der Waals surface area contributed by atoms with E-state index in [1.165, 1.54) is 16.7 Å². The Morgan fingerprint density at radius 3 is 2.25 bits per heavy atom. The van der Waals surface area contributed by atoms with Crippen LogP contribution in [-0.4, -0.2) is 18.3 Å². The highest BCUT2D eigenvalue weighted by atomic mass is 16.3. The maximum atomic E-state index is 9.95. The number of hydrogen-bond donors (Lipinski definition) is 2. The quantitative estimate of drug-likeness (QED) is 0.876. The normalized spacial score (nSPS) is 14.0. The summed E-state index contributed by atoms with van der Waals surface area (Å²) in [5.41, 5.74) is 10.4. The molecule has 0 aliphatic heterocycles. The van der Waals surface area contributed by atoms with Gasteiger partial charge >= 0.3 is 0 Å². The fraction of sp³-hybridized carbons (Fsp3) is 0.333. The fourth-order valence-electron chi connectivity index (χ4n) is 2.62. The molecular weight excluding hydrogens is 246 g/mol. The average molecular weight is 269 g/mol. The molecule has 0 aliphatic carbocycles. The molecule has 106 valence electrons. The van der Waals surface area contributed by atoms with Crippen LogP contribution in [0.25, 0.3) is 0 Å². The molecule has 2 aromatic rings. The largest absolute Gasteiger partial charge is 0.395 e. The van der Waals surface area contributed by atoms with Crippen molar-refractivity contribution in [1.29, 1.82) is 0 Å². The first-order valence-corrected chi connectivity index (χ1v) is 7.03. The highest BCUT2D eigenvalue weighted by Gasteiger charge is 2.30. The van der Waals surface area contributed by atoms with E-state index in [1.54, 1.807) is 0 Å². The molecule has 0 bridgehead atoms. The van der Waals surface area contributed by atoms with Crippen molar-refractivity contribution in [3.8, 4) is 0 Å². The molecule has 3 N–H and O–H groups in total. The maximum absolute atomic E-state index is 9.95. The van der Waals surface area contributed by atoms with Gasteiger partial charge in [0, 0.05) is 12.0 Å². The minimum absolute atomic E-state index is 0.0561. The van der Waals surface area contributed by atoms with Crippen molar-refractivity contribution in [2.45, 2.75) is 25.7 Å². The third kappa shape index (κ3) is 3.09. The van der Waals surface area contributed by atoms with Gasteiger partial charge in [-0.2, -0.15) is 0 Å². The van der Waals surface area contributed by atoms with Gasteiger partial charge in [-0.15, -0.1) is 0 Å². The second kappa shape index (κ2) is 6.21. The van der Waals surface area contributed by atoms with E-state index in [-0.39, 0.29) is 6.61 Å². The first kappa shape index (κ1) is 14.8. The van der Waals surface area contributed by atoms with Crippen molar-refractivity contribution < 1.29 is 5.11 Å². The Morgan fingerprint density at radius 1 is 1.00 bits per heavy atom. The molecule has 2 aromatic carbocycles. The second-order valence-electron chi connectivity index (χ2n) is 5.67. The van der Waals surface area contributed by atoms with E-state index >= 15 is 0 Å². The molecule has 2 rings (SSSR count). The number of benzene rings is 2. The summed E-state index contributed by atoms with van der Waals surface area (Å²) in [5.74, 6) is 0. The van der Waals surface area contributed by atoms with Crippen molar-refractivity contribution in [1.82, 2.24) is 0 Å². The Bertz CT molecular complexity index is 556. The van der Waals surface area contributed by atoms with E-state index < -0.39 is 5.41 Å². The predicted octanol–water partition coefficient (Wildman–Crippen LogP) is 2.73. The van der Waals surface area contributed by atoms with Gasteiger partial charge in [-0.3, -0.25) is 0 Å². The van der Waals surface area contributed by atoms with Crippen LogP contribution in [0.15, 0.2) is 48.5 Å². The Hall–Kier alpha value is -1.64. The van der Waals surface area contributed by atoms with Gasteiger partial charge < -0.3 is 10.8 Å². The lowest BCUT2D eigenvalue weighted by molar-refractivity contribution is 0.196. The first-order chi connectivity index (χ1) is 9.59. The summed E-state index contributed by atoms with van der Waals surface area (Å²) in [6.07, 6.45) is 0.755. The summed E-state index contributed by atoms with van der Waals surface area (Å²) in [6.45, 7) is 4.63. The van der Waals surface area contributed by atoms with Gasteiger partial charge in [0.2, 0.25) is 0 Å². The van der Waals surface area contributed by atoms with Crippen molar-refractivity contribution in [2.75, 3.05) is 13.2 Å². The molecule has 1 atom stereocenters. The number of nitrogens with two attached hydrogens (primary N) is 1. The molecule has 0 aliphatic rings. The SMILES string of the molecule is Cc1ccc(C(CN)(CO)Cc2cccc(C)c2)cc1. The first-order valence-electron chi connectivity index (χ1n) is 7.03. The monoisotopic (exact) mass is 269 g/mol. The lowest BCUT2D eigenvalue weighted by Crippen LogP contribution is -2.41. The van der Waals surface area contributed by atoms with E-state index in [1.807, 2.05) is 0 Å². The third-order valence-electron chi connectivity index (χ3n) is 3.98. The molecule has 20 heavy (non-hydrogen) atoms. The lowest BCUT2D eigenvalue weighted by atomic mass is 9.76. The van der Waals surface area contributed by atoms with Crippen molar-refractivity contribution >= 4 is 0 Å². The van der Waals surface area contributed by atoms with Gasteiger partial charge in [0.15, 0.2) is 0 Å². The van der Waals surface area contributed by atoms with Gasteiger partial charge in [-0.05, 0) is 31.4 Å². The topological polar surface area (TPSA) is 46.2 Å². The van der Waals surface area contributed by atoms with Crippen molar-refractivity contribution in [3.05, 3.63) is 70.8 Å². The van der Waals surface area contributed by atoms with Gasteiger partial charge in [0.25, 0.3) is 0 Å². The molecule has 0 heterocycles. The van der Waals surface area contributed by atoms with E-state index in [4.69, 9.17) is 5.73 Å². The highest BCUT2D eigenvalue weighted by Crippen LogP contribution is 2.28. The van der Waals surface area contributed by atoms with E-state index in [0.717, 1.165) is 12.0 Å². The molecule has 0 radical (unpaired) electrons. The fourth-order valence-corrected chi connectivity index (χ4v) is 2.62. The van der Waals surface area contributed by atoms with Gasteiger partial charge in [-0.25, -0.2) is 0 Å². The van der Waals surface area contributed by atoms with Gasteiger partial charge in [0.05, 0.1) is 6.61 Å². The van der Waals surface area contributed by atoms with E-state index in [9.17, 15) is 5.11 Å². The zero-order valence-electron chi connectivity index (χ0n) is 12.3. The molecular formula is C18H23NO. The predicted molar refractivity (Wildman–Crippen MR) is 83.9 cm³/mol. The summed E-state index contributed by atoms with van der Waals surface area (Å²) < 4.78 is 0. The smallest absolute Gasteiger partial charge is 0.0543 e. The van der Waals surface area contributed by atoms with Crippen LogP contribution in [0.4, 0.5) is 0 Å². The standard InChI is InChI=1S/C18H23NO/c1-14-6-8-17(9-7-14)18(12-19,13-20)11-16-5-3-4-15(2)10-16/h3-10,20H,11-13,19H2,1-2H3. The van der Waals surface area contributed by atoms with Crippen LogP contribution >= 0.6 is 0 Å². The molecule has 0 saturated carbocycles. The van der Waals surface area contributed by atoms with Crippen LogP contribution < -0.4 is 5.73 Å². The summed E-state index contributed by atoms with van der Waals surface area (Å²) in [7, 11) is 0. The second-order valence-corrected chi connectivity index (χ2v) is 5.67. The van der Waals surface area contributed by atoms with Crippen LogP contribution in [0.5, 0.6) is 0 Å². The van der Waals surface area contributed by atoms with E-state index in [2.05, 4.69) is 62.4 Å².